The van der Waals surface area contributed by atoms with Crippen molar-refractivity contribution < 1.29 is 9.59 Å². The van der Waals surface area contributed by atoms with Gasteiger partial charge in [-0.2, -0.15) is 0 Å². The van der Waals surface area contributed by atoms with Crippen LogP contribution in [-0.2, 0) is 4.79 Å². The largest absolute Gasteiger partial charge is 0.319 e. The van der Waals surface area contributed by atoms with Crippen LogP contribution >= 0.6 is 22.9 Å². The molecule has 0 atom stereocenters. The maximum atomic E-state index is 12.7. The number of aromatic nitrogens is 1. The van der Waals surface area contributed by atoms with Gasteiger partial charge in [-0.25, -0.2) is 4.98 Å². The summed E-state index contributed by atoms with van der Waals surface area (Å²) in [5.41, 5.74) is 2.53. The summed E-state index contributed by atoms with van der Waals surface area (Å²) >= 11 is 7.41. The van der Waals surface area contributed by atoms with Gasteiger partial charge in [-0.05, 0) is 30.7 Å². The van der Waals surface area contributed by atoms with Crippen LogP contribution in [0.25, 0.3) is 10.6 Å². The van der Waals surface area contributed by atoms with E-state index in [0.29, 0.717) is 29.4 Å². The summed E-state index contributed by atoms with van der Waals surface area (Å²) in [6.45, 7) is 0.668. The van der Waals surface area contributed by atoms with Crippen molar-refractivity contribution in [3.8, 4) is 10.6 Å². The van der Waals surface area contributed by atoms with Crippen LogP contribution in [0.4, 0.5) is 11.4 Å². The topological polar surface area (TPSA) is 62.3 Å². The Kier molecular flexibility index (Phi) is 4.92. The summed E-state index contributed by atoms with van der Waals surface area (Å²) in [6, 6.07) is 14.7. The van der Waals surface area contributed by atoms with Crippen molar-refractivity contribution >= 4 is 46.1 Å². The Morgan fingerprint density at radius 2 is 2.04 bits per heavy atom. The Morgan fingerprint density at radius 1 is 1.19 bits per heavy atom. The van der Waals surface area contributed by atoms with Crippen LogP contribution in [0.15, 0.2) is 53.9 Å². The molecule has 136 valence electrons. The van der Waals surface area contributed by atoms with Gasteiger partial charge >= 0.3 is 0 Å². The normalized spacial score (nSPS) is 13.8. The van der Waals surface area contributed by atoms with Crippen LogP contribution in [0.3, 0.4) is 0 Å². The second-order valence-corrected chi connectivity index (χ2v) is 7.46. The molecular formula is C20H16ClN3O2S. The van der Waals surface area contributed by atoms with E-state index in [1.165, 1.54) is 11.3 Å². The van der Waals surface area contributed by atoms with E-state index in [1.807, 2.05) is 36.4 Å². The highest BCUT2D eigenvalue weighted by Crippen LogP contribution is 2.30. The molecule has 2 aromatic carbocycles. The highest BCUT2D eigenvalue weighted by Gasteiger charge is 2.24. The average Bonchev–Trinajstić information content (AvgIpc) is 3.31. The van der Waals surface area contributed by atoms with Gasteiger partial charge in [-0.1, -0.05) is 35.9 Å². The van der Waals surface area contributed by atoms with E-state index < -0.39 is 0 Å². The predicted molar refractivity (Wildman–Crippen MR) is 109 cm³/mol. The summed E-state index contributed by atoms with van der Waals surface area (Å²) < 4.78 is 0. The standard InChI is InChI=1S/C20H16ClN3O2S/c21-14-6-3-5-13(11-14)20-23-16(12-27-20)19(26)22-15-7-1-2-8-17(15)24-10-4-9-18(24)25/h1-3,5-8,11-12H,4,9-10H2,(H,22,26). The first-order valence-corrected chi connectivity index (χ1v) is 9.80. The molecule has 0 saturated carbocycles. The van der Waals surface area contributed by atoms with E-state index in [1.54, 1.807) is 22.4 Å². The molecule has 1 N–H and O–H groups in total. The zero-order chi connectivity index (χ0) is 18.8. The molecule has 7 heteroatoms. The molecule has 27 heavy (non-hydrogen) atoms. The predicted octanol–water partition coefficient (Wildman–Crippen LogP) is 4.84. The minimum Gasteiger partial charge on any atom is -0.319 e. The number of amides is 2. The minimum absolute atomic E-state index is 0.0774. The van der Waals surface area contributed by atoms with Crippen molar-refractivity contribution in [1.82, 2.24) is 4.98 Å². The van der Waals surface area contributed by atoms with Gasteiger partial charge in [-0.15, -0.1) is 11.3 Å². The first kappa shape index (κ1) is 17.7. The first-order valence-electron chi connectivity index (χ1n) is 8.54. The maximum Gasteiger partial charge on any atom is 0.275 e. The minimum atomic E-state index is -0.307. The van der Waals surface area contributed by atoms with Crippen molar-refractivity contribution in [2.45, 2.75) is 12.8 Å². The summed E-state index contributed by atoms with van der Waals surface area (Å²) in [5.74, 6) is -0.229. The molecule has 0 aliphatic carbocycles. The second-order valence-electron chi connectivity index (χ2n) is 6.17. The third-order valence-electron chi connectivity index (χ3n) is 4.32. The molecule has 1 saturated heterocycles. The van der Waals surface area contributed by atoms with Crippen LogP contribution in [0.5, 0.6) is 0 Å². The fourth-order valence-electron chi connectivity index (χ4n) is 3.04. The number of thiazole rings is 1. The third-order valence-corrected chi connectivity index (χ3v) is 5.45. The van der Waals surface area contributed by atoms with Crippen molar-refractivity contribution in [3.63, 3.8) is 0 Å². The van der Waals surface area contributed by atoms with E-state index in [4.69, 9.17) is 11.6 Å². The maximum absolute atomic E-state index is 12.7. The molecule has 2 heterocycles. The van der Waals surface area contributed by atoms with Gasteiger partial charge in [-0.3, -0.25) is 9.59 Å². The van der Waals surface area contributed by atoms with Crippen LogP contribution in [0.2, 0.25) is 5.02 Å². The lowest BCUT2D eigenvalue weighted by Gasteiger charge is -2.19. The van der Waals surface area contributed by atoms with Gasteiger partial charge in [0, 0.05) is 28.9 Å². The highest BCUT2D eigenvalue weighted by molar-refractivity contribution is 7.13. The zero-order valence-corrected chi connectivity index (χ0v) is 15.9. The number of nitrogens with one attached hydrogen (secondary N) is 1. The van der Waals surface area contributed by atoms with Crippen LogP contribution in [0.1, 0.15) is 23.3 Å². The lowest BCUT2D eigenvalue weighted by atomic mass is 10.2. The summed E-state index contributed by atoms with van der Waals surface area (Å²) in [7, 11) is 0. The highest BCUT2D eigenvalue weighted by atomic mass is 35.5. The lowest BCUT2D eigenvalue weighted by Crippen LogP contribution is -2.25. The van der Waals surface area contributed by atoms with Crippen LogP contribution in [0, 0.1) is 0 Å². The molecule has 1 fully saturated rings. The van der Waals surface area contributed by atoms with Gasteiger partial charge in [0.15, 0.2) is 0 Å². The van der Waals surface area contributed by atoms with Crippen LogP contribution < -0.4 is 10.2 Å². The average molecular weight is 398 g/mol. The Bertz CT molecular complexity index is 1020. The zero-order valence-electron chi connectivity index (χ0n) is 14.3. The van der Waals surface area contributed by atoms with Crippen molar-refractivity contribution in [3.05, 3.63) is 64.6 Å². The van der Waals surface area contributed by atoms with Gasteiger partial charge in [0.05, 0.1) is 11.4 Å². The summed E-state index contributed by atoms with van der Waals surface area (Å²) in [5, 5.41) is 5.95. The number of para-hydroxylation sites is 2. The third kappa shape index (κ3) is 3.72. The number of benzene rings is 2. The number of rotatable bonds is 4. The Labute approximate surface area is 165 Å². The monoisotopic (exact) mass is 397 g/mol. The van der Waals surface area contributed by atoms with Gasteiger partial charge in [0.2, 0.25) is 5.91 Å². The first-order chi connectivity index (χ1) is 13.1. The number of hydrogen-bond donors (Lipinski definition) is 1. The fourth-order valence-corrected chi connectivity index (χ4v) is 4.02. The van der Waals surface area contributed by atoms with E-state index >= 15 is 0 Å². The number of nitrogens with zero attached hydrogens (tertiary/aromatic N) is 2. The number of carbonyl (C=O) groups is 2. The Balaban J connectivity index is 1.56. The number of anilines is 2. The number of halogens is 1. The molecule has 2 amide bonds. The van der Waals surface area contributed by atoms with Gasteiger partial charge in [0.25, 0.3) is 5.91 Å². The van der Waals surface area contributed by atoms with Gasteiger partial charge in [0.1, 0.15) is 10.7 Å². The SMILES string of the molecule is O=C(Nc1ccccc1N1CCCC1=O)c1csc(-c2cccc(Cl)c2)n1. The molecule has 1 aliphatic rings. The molecule has 1 aromatic heterocycles. The van der Waals surface area contributed by atoms with E-state index in [2.05, 4.69) is 10.3 Å². The Morgan fingerprint density at radius 3 is 2.81 bits per heavy atom. The van der Waals surface area contributed by atoms with Gasteiger partial charge < -0.3 is 10.2 Å². The van der Waals surface area contributed by atoms with E-state index in [9.17, 15) is 9.59 Å². The number of carbonyl (C=O) groups excluding carboxylic acids is 2. The van der Waals surface area contributed by atoms with Crippen molar-refractivity contribution in [1.29, 1.82) is 0 Å². The molecule has 0 spiro atoms. The summed E-state index contributed by atoms with van der Waals surface area (Å²) in [6.07, 6.45) is 1.37. The molecular weight excluding hydrogens is 382 g/mol. The van der Waals surface area contributed by atoms with E-state index in [-0.39, 0.29) is 11.8 Å². The lowest BCUT2D eigenvalue weighted by molar-refractivity contribution is -0.117. The van der Waals surface area contributed by atoms with Crippen LogP contribution in [-0.4, -0.2) is 23.3 Å². The number of hydrogen-bond acceptors (Lipinski definition) is 4. The molecule has 4 rings (SSSR count). The van der Waals surface area contributed by atoms with E-state index in [0.717, 1.165) is 22.7 Å². The molecule has 3 aromatic rings. The summed E-state index contributed by atoms with van der Waals surface area (Å²) in [4.78, 5) is 30.9. The molecule has 1 aliphatic heterocycles. The smallest absolute Gasteiger partial charge is 0.275 e. The Hall–Kier alpha value is -2.70. The molecule has 0 bridgehead atoms. The quantitative estimate of drug-likeness (QED) is 0.685. The van der Waals surface area contributed by atoms with Crippen molar-refractivity contribution in [2.75, 3.05) is 16.8 Å². The second kappa shape index (κ2) is 7.50. The fraction of sp³-hybridized carbons (Fsp3) is 0.150. The van der Waals surface area contributed by atoms with Crippen molar-refractivity contribution in [2.24, 2.45) is 0 Å². The molecule has 0 radical (unpaired) electrons. The molecule has 5 nitrogen and oxygen atoms in total. The molecule has 0 unspecified atom stereocenters.